The van der Waals surface area contributed by atoms with E-state index in [0.717, 1.165) is 6.16 Å². The predicted octanol–water partition coefficient (Wildman–Crippen LogP) is 2.90. The fourth-order valence-corrected chi connectivity index (χ4v) is 2.87. The zero-order valence-corrected chi connectivity index (χ0v) is 9.89. The molecule has 2 atom stereocenters. The summed E-state index contributed by atoms with van der Waals surface area (Å²) in [5, 5.41) is 2.96. The number of thioether (sulfide) groups is 1. The summed E-state index contributed by atoms with van der Waals surface area (Å²) in [5.74, 6) is 0. The van der Waals surface area contributed by atoms with E-state index in [0.29, 0.717) is 5.37 Å². The van der Waals surface area contributed by atoms with E-state index in [2.05, 4.69) is 33.4 Å². The van der Waals surface area contributed by atoms with Crippen LogP contribution < -0.4 is 0 Å². The smallest absolute Gasteiger partial charge is 0.0760 e. The maximum atomic E-state index is 2.81. The van der Waals surface area contributed by atoms with Crippen LogP contribution in [0.1, 0.15) is 26.7 Å². The Balaban J connectivity index is 2.42. The number of nitrogens with zero attached hydrogens (tertiary/aromatic N) is 1. The van der Waals surface area contributed by atoms with Crippen LogP contribution in [0.2, 0.25) is 0 Å². The topological polar surface area (TPSA) is 3.24 Å². The van der Waals surface area contributed by atoms with E-state index in [4.69, 9.17) is 0 Å². The van der Waals surface area contributed by atoms with Gasteiger partial charge in [0.2, 0.25) is 0 Å². The molecule has 1 rings (SSSR count). The maximum absolute atomic E-state index is 2.81. The Morgan fingerprint density at radius 3 is 3.00 bits per heavy atom. The van der Waals surface area contributed by atoms with Crippen molar-refractivity contribution in [3.8, 4) is 0 Å². The molecule has 0 radical (unpaired) electrons. The van der Waals surface area contributed by atoms with E-state index in [1.165, 1.54) is 25.1 Å². The highest BCUT2D eigenvalue weighted by atomic mass is 32.2. The molecule has 0 saturated carbocycles. The van der Waals surface area contributed by atoms with Crippen LogP contribution in [0.3, 0.4) is 0 Å². The van der Waals surface area contributed by atoms with Gasteiger partial charge in [0.15, 0.2) is 0 Å². The molecule has 1 heterocycles. The van der Waals surface area contributed by atoms with Gasteiger partial charge in [-0.25, -0.2) is 0 Å². The number of unbranched alkanes of at least 4 members (excludes halogenated alkanes) is 1. The molecule has 3 heteroatoms. The minimum Gasteiger partial charge on any atom is -0.362 e. The second-order valence-corrected chi connectivity index (χ2v) is 4.69. The quantitative estimate of drug-likeness (QED) is 0.646. The Kier molecular flexibility index (Phi) is 4.45. The van der Waals surface area contributed by atoms with E-state index in [9.17, 15) is 0 Å². The second-order valence-electron chi connectivity index (χ2n) is 3.10. The fourth-order valence-electron chi connectivity index (χ4n) is 1.37. The molecule has 0 N–H and O–H groups in total. The van der Waals surface area contributed by atoms with Gasteiger partial charge < -0.3 is 4.90 Å². The minimum atomic E-state index is 0.659. The standard InChI is InChI=1S/C9H18NPS/c1-3-4-5-10-8(2)12-7-9(10)6-11/h7-8H,3-6,11H2,1-2H3/t8-/m1/s1. The molecule has 0 saturated heterocycles. The molecule has 70 valence electrons. The zero-order valence-electron chi connectivity index (χ0n) is 7.92. The largest absolute Gasteiger partial charge is 0.362 e. The SMILES string of the molecule is CCCCN1C(CP)=CS[C@@H]1C. The zero-order chi connectivity index (χ0) is 8.97. The highest BCUT2D eigenvalue weighted by Gasteiger charge is 2.20. The van der Waals surface area contributed by atoms with Crippen LogP contribution in [0.4, 0.5) is 0 Å². The molecule has 0 aromatic heterocycles. The van der Waals surface area contributed by atoms with E-state index >= 15 is 0 Å². The van der Waals surface area contributed by atoms with Crippen molar-refractivity contribution < 1.29 is 0 Å². The van der Waals surface area contributed by atoms with Gasteiger partial charge in [0.1, 0.15) is 0 Å². The summed E-state index contributed by atoms with van der Waals surface area (Å²) in [6, 6.07) is 0. The number of hydrogen-bond acceptors (Lipinski definition) is 2. The molecule has 0 amide bonds. The lowest BCUT2D eigenvalue weighted by molar-refractivity contribution is 0.341. The van der Waals surface area contributed by atoms with E-state index in [1.807, 2.05) is 11.8 Å². The average Bonchev–Trinajstić information content (AvgIpc) is 2.43. The molecule has 12 heavy (non-hydrogen) atoms. The summed E-state index contributed by atoms with van der Waals surface area (Å²) in [7, 11) is 2.81. The lowest BCUT2D eigenvalue weighted by Gasteiger charge is -2.25. The van der Waals surface area contributed by atoms with Gasteiger partial charge in [0.25, 0.3) is 0 Å². The van der Waals surface area contributed by atoms with Crippen molar-refractivity contribution in [2.45, 2.75) is 32.1 Å². The third-order valence-corrected chi connectivity index (χ3v) is 3.65. The van der Waals surface area contributed by atoms with Gasteiger partial charge in [-0.2, -0.15) is 0 Å². The third-order valence-electron chi connectivity index (χ3n) is 2.17. The lowest BCUT2D eigenvalue weighted by Crippen LogP contribution is -2.27. The normalized spacial score (nSPS) is 23.1. The minimum absolute atomic E-state index is 0.659. The molecule has 0 bridgehead atoms. The molecule has 1 unspecified atom stereocenters. The highest BCUT2D eigenvalue weighted by molar-refractivity contribution is 8.02. The molecular formula is C9H18NPS. The van der Waals surface area contributed by atoms with Gasteiger partial charge in [-0.3, -0.25) is 0 Å². The molecule has 0 aromatic rings. The van der Waals surface area contributed by atoms with Crippen molar-refractivity contribution in [3.63, 3.8) is 0 Å². The number of allylic oxidation sites excluding steroid dienone is 1. The summed E-state index contributed by atoms with van der Waals surface area (Å²) < 4.78 is 0. The van der Waals surface area contributed by atoms with Crippen molar-refractivity contribution in [3.05, 3.63) is 11.1 Å². The molecule has 0 spiro atoms. The van der Waals surface area contributed by atoms with Crippen molar-refractivity contribution in [2.24, 2.45) is 0 Å². The van der Waals surface area contributed by atoms with Gasteiger partial charge in [0, 0.05) is 18.4 Å². The summed E-state index contributed by atoms with van der Waals surface area (Å²) >= 11 is 1.94. The molecule has 0 fully saturated rings. The van der Waals surface area contributed by atoms with Gasteiger partial charge in [-0.1, -0.05) is 13.3 Å². The number of rotatable bonds is 4. The molecule has 1 nitrogen and oxygen atoms in total. The molecule has 1 aliphatic heterocycles. The third kappa shape index (κ3) is 2.40. The van der Waals surface area contributed by atoms with Crippen LogP contribution in [0.25, 0.3) is 0 Å². The van der Waals surface area contributed by atoms with Crippen LogP contribution in [0.5, 0.6) is 0 Å². The molecular weight excluding hydrogens is 185 g/mol. The van der Waals surface area contributed by atoms with Crippen molar-refractivity contribution >= 4 is 21.0 Å². The van der Waals surface area contributed by atoms with Crippen molar-refractivity contribution in [1.82, 2.24) is 4.90 Å². The summed E-state index contributed by atoms with van der Waals surface area (Å²) in [5.41, 5.74) is 1.49. The van der Waals surface area contributed by atoms with Gasteiger partial charge in [0.05, 0.1) is 5.37 Å². The predicted molar refractivity (Wildman–Crippen MR) is 61.3 cm³/mol. The highest BCUT2D eigenvalue weighted by Crippen LogP contribution is 2.31. The van der Waals surface area contributed by atoms with Crippen molar-refractivity contribution in [2.75, 3.05) is 12.7 Å². The van der Waals surface area contributed by atoms with Crippen LogP contribution in [-0.4, -0.2) is 23.0 Å². The Morgan fingerprint density at radius 2 is 2.42 bits per heavy atom. The van der Waals surface area contributed by atoms with E-state index in [-0.39, 0.29) is 0 Å². The van der Waals surface area contributed by atoms with Crippen LogP contribution in [0, 0.1) is 0 Å². The Morgan fingerprint density at radius 1 is 1.67 bits per heavy atom. The van der Waals surface area contributed by atoms with Gasteiger partial charge in [-0.05, 0) is 18.8 Å². The first-order valence-corrected chi connectivity index (χ1v) is 6.36. The molecule has 1 aliphatic rings. The second kappa shape index (κ2) is 5.14. The maximum Gasteiger partial charge on any atom is 0.0760 e. The summed E-state index contributed by atoms with van der Waals surface area (Å²) in [6.45, 7) is 5.76. The van der Waals surface area contributed by atoms with Gasteiger partial charge >= 0.3 is 0 Å². The lowest BCUT2D eigenvalue weighted by atomic mass is 10.3. The van der Waals surface area contributed by atoms with Crippen LogP contribution in [-0.2, 0) is 0 Å². The Labute approximate surface area is 82.2 Å². The summed E-state index contributed by atoms with van der Waals surface area (Å²) in [6.07, 6.45) is 3.70. The first-order chi connectivity index (χ1) is 5.79. The average molecular weight is 203 g/mol. The van der Waals surface area contributed by atoms with E-state index < -0.39 is 0 Å². The molecule has 0 aliphatic carbocycles. The first-order valence-electron chi connectivity index (χ1n) is 4.60. The molecule has 0 aromatic carbocycles. The fraction of sp³-hybridized carbons (Fsp3) is 0.778. The summed E-state index contributed by atoms with van der Waals surface area (Å²) in [4.78, 5) is 2.52. The number of hydrogen-bond donors (Lipinski definition) is 0. The van der Waals surface area contributed by atoms with Crippen LogP contribution >= 0.6 is 21.0 Å². The van der Waals surface area contributed by atoms with E-state index in [1.54, 1.807) is 0 Å². The van der Waals surface area contributed by atoms with Gasteiger partial charge in [-0.15, -0.1) is 21.0 Å². The Hall–Kier alpha value is 0.320. The van der Waals surface area contributed by atoms with Crippen LogP contribution in [0.15, 0.2) is 11.1 Å². The first kappa shape index (κ1) is 10.4. The van der Waals surface area contributed by atoms with Crippen molar-refractivity contribution in [1.29, 1.82) is 0 Å². The monoisotopic (exact) mass is 203 g/mol. The Bertz CT molecular complexity index is 170.